The van der Waals surface area contributed by atoms with Crippen LogP contribution in [0.3, 0.4) is 0 Å². The second-order valence-corrected chi connectivity index (χ2v) is 8.45. The van der Waals surface area contributed by atoms with E-state index in [1.165, 1.54) is 6.07 Å². The number of halogens is 3. The number of para-hydroxylation sites is 3. The highest BCUT2D eigenvalue weighted by atomic mass is 32.2. The predicted molar refractivity (Wildman–Crippen MR) is 119 cm³/mol. The van der Waals surface area contributed by atoms with Crippen LogP contribution < -0.4 is 9.47 Å². The van der Waals surface area contributed by atoms with Gasteiger partial charge in [-0.2, -0.15) is 13.2 Å². The number of fused-ring (bicyclic) bond motifs is 1. The number of hydrogen-bond acceptors (Lipinski definition) is 7. The zero-order chi connectivity index (χ0) is 24.6. The molecule has 0 fully saturated rings. The monoisotopic (exact) mass is 500 g/mol. The van der Waals surface area contributed by atoms with E-state index < -0.39 is 28.5 Å². The van der Waals surface area contributed by atoms with E-state index in [1.807, 2.05) is 12.1 Å². The van der Waals surface area contributed by atoms with Gasteiger partial charge in [0.25, 0.3) is 5.69 Å². The number of aromatic nitrogens is 3. The summed E-state index contributed by atoms with van der Waals surface area (Å²) in [7, 11) is 0. The van der Waals surface area contributed by atoms with Crippen LogP contribution in [0.2, 0.25) is 0 Å². The summed E-state index contributed by atoms with van der Waals surface area (Å²) in [6, 6.07) is 19.0. The summed E-state index contributed by atoms with van der Waals surface area (Å²) in [5.74, 6) is 1.52. The van der Waals surface area contributed by atoms with E-state index >= 15 is 0 Å². The standard InChI is InChI=1S/C23H15F3N4O4S/c24-23(25,26)16-12-15(10-11-17(16)30(31)32)35-22-28-27-21(29(22)14-6-2-1-3-7-14)20-13-33-18-8-4-5-9-19(18)34-20/h1-12,20H,13H2. The summed E-state index contributed by atoms with van der Waals surface area (Å²) in [5, 5.41) is 19.8. The maximum Gasteiger partial charge on any atom is 0.423 e. The SMILES string of the molecule is O=[N+]([O-])c1ccc(Sc2nnc(C3COc4ccccc4O3)n2-c2ccccc2)cc1C(F)(F)F. The van der Waals surface area contributed by atoms with Crippen LogP contribution in [-0.2, 0) is 6.18 Å². The average molecular weight is 500 g/mol. The van der Waals surface area contributed by atoms with Gasteiger partial charge in [-0.25, -0.2) is 0 Å². The molecule has 178 valence electrons. The molecule has 4 aromatic rings. The van der Waals surface area contributed by atoms with Crippen LogP contribution in [0.1, 0.15) is 17.5 Å². The Morgan fingerprint density at radius 2 is 1.71 bits per heavy atom. The summed E-state index contributed by atoms with van der Waals surface area (Å²) in [5.41, 5.74) is -1.69. The third-order valence-corrected chi connectivity index (χ3v) is 6.09. The summed E-state index contributed by atoms with van der Waals surface area (Å²) in [6.45, 7) is 0.155. The molecule has 8 nitrogen and oxygen atoms in total. The highest BCUT2D eigenvalue weighted by Gasteiger charge is 2.38. The number of nitrogens with zero attached hydrogens (tertiary/aromatic N) is 4. The second-order valence-electron chi connectivity index (χ2n) is 7.41. The molecule has 0 saturated heterocycles. The molecule has 35 heavy (non-hydrogen) atoms. The van der Waals surface area contributed by atoms with Crippen molar-refractivity contribution in [1.29, 1.82) is 0 Å². The van der Waals surface area contributed by atoms with Gasteiger partial charge < -0.3 is 9.47 Å². The number of nitro groups is 1. The lowest BCUT2D eigenvalue weighted by Crippen LogP contribution is -2.24. The first kappa shape index (κ1) is 22.7. The van der Waals surface area contributed by atoms with Gasteiger partial charge >= 0.3 is 6.18 Å². The van der Waals surface area contributed by atoms with Crippen LogP contribution >= 0.6 is 11.8 Å². The highest BCUT2D eigenvalue weighted by molar-refractivity contribution is 7.99. The molecule has 3 aromatic carbocycles. The van der Waals surface area contributed by atoms with E-state index in [0.717, 1.165) is 23.9 Å². The summed E-state index contributed by atoms with van der Waals surface area (Å²) >= 11 is 0.901. The minimum absolute atomic E-state index is 0.116. The molecule has 0 N–H and O–H groups in total. The first-order valence-corrected chi connectivity index (χ1v) is 11.1. The lowest BCUT2D eigenvalue weighted by atomic mass is 10.2. The third kappa shape index (κ3) is 4.52. The Bertz CT molecular complexity index is 1400. The van der Waals surface area contributed by atoms with Crippen molar-refractivity contribution in [2.45, 2.75) is 22.3 Å². The number of ether oxygens (including phenoxy) is 2. The fraction of sp³-hybridized carbons (Fsp3) is 0.130. The molecule has 1 aliphatic rings. The van der Waals surface area contributed by atoms with E-state index in [4.69, 9.17) is 9.47 Å². The smallest absolute Gasteiger partial charge is 0.423 e. The van der Waals surface area contributed by atoms with Gasteiger partial charge in [0.15, 0.2) is 23.4 Å². The van der Waals surface area contributed by atoms with Gasteiger partial charge in [-0.1, -0.05) is 30.3 Å². The molecule has 0 radical (unpaired) electrons. The molecule has 1 atom stereocenters. The Labute approximate surface area is 200 Å². The molecule has 0 spiro atoms. The van der Waals surface area contributed by atoms with Crippen molar-refractivity contribution in [3.63, 3.8) is 0 Å². The normalized spacial score (nSPS) is 15.1. The van der Waals surface area contributed by atoms with Crippen molar-refractivity contribution in [3.8, 4) is 17.2 Å². The van der Waals surface area contributed by atoms with Gasteiger partial charge in [-0.05, 0) is 48.2 Å². The number of nitro benzene ring substituents is 1. The fourth-order valence-corrected chi connectivity index (χ4v) is 4.49. The van der Waals surface area contributed by atoms with Gasteiger partial charge in [0.2, 0.25) is 5.16 Å². The van der Waals surface area contributed by atoms with Crippen LogP contribution in [0.25, 0.3) is 5.69 Å². The Balaban J connectivity index is 1.55. The number of hydrogen-bond donors (Lipinski definition) is 0. The first-order chi connectivity index (χ1) is 16.8. The Hall–Kier alpha value is -4.06. The van der Waals surface area contributed by atoms with Crippen molar-refractivity contribution in [2.24, 2.45) is 0 Å². The minimum Gasteiger partial charge on any atom is -0.485 e. The zero-order valence-corrected chi connectivity index (χ0v) is 18.5. The first-order valence-electron chi connectivity index (χ1n) is 10.2. The van der Waals surface area contributed by atoms with Crippen molar-refractivity contribution in [3.05, 3.63) is 94.3 Å². The summed E-state index contributed by atoms with van der Waals surface area (Å²) in [4.78, 5) is 10.2. The fourth-order valence-electron chi connectivity index (χ4n) is 3.59. The molecule has 0 saturated carbocycles. The van der Waals surface area contributed by atoms with Gasteiger partial charge in [-0.15, -0.1) is 10.2 Å². The molecular weight excluding hydrogens is 485 g/mol. The molecule has 12 heteroatoms. The lowest BCUT2D eigenvalue weighted by molar-refractivity contribution is -0.388. The van der Waals surface area contributed by atoms with E-state index in [9.17, 15) is 23.3 Å². The average Bonchev–Trinajstić information content (AvgIpc) is 3.27. The zero-order valence-electron chi connectivity index (χ0n) is 17.7. The van der Waals surface area contributed by atoms with Gasteiger partial charge in [0.1, 0.15) is 12.2 Å². The predicted octanol–water partition coefficient (Wildman–Crippen LogP) is 5.86. The Morgan fingerprint density at radius 1 is 1.00 bits per heavy atom. The van der Waals surface area contributed by atoms with Crippen LogP contribution in [-0.4, -0.2) is 26.3 Å². The number of alkyl halides is 3. The van der Waals surface area contributed by atoms with Crippen LogP contribution in [0, 0.1) is 10.1 Å². The van der Waals surface area contributed by atoms with Crippen molar-refractivity contribution in [2.75, 3.05) is 6.61 Å². The molecule has 0 amide bonds. The largest absolute Gasteiger partial charge is 0.485 e. The van der Waals surface area contributed by atoms with Crippen LogP contribution in [0.15, 0.2) is 82.8 Å². The van der Waals surface area contributed by atoms with Gasteiger partial charge in [0, 0.05) is 16.6 Å². The summed E-state index contributed by atoms with van der Waals surface area (Å²) in [6.07, 6.45) is -5.52. The molecular formula is C23H15F3N4O4S. The molecule has 1 unspecified atom stereocenters. The lowest BCUT2D eigenvalue weighted by Gasteiger charge is -2.26. The van der Waals surface area contributed by atoms with E-state index in [0.29, 0.717) is 23.0 Å². The van der Waals surface area contributed by atoms with Crippen molar-refractivity contribution >= 4 is 17.4 Å². The third-order valence-electron chi connectivity index (χ3n) is 5.15. The van der Waals surface area contributed by atoms with Crippen molar-refractivity contribution in [1.82, 2.24) is 14.8 Å². The number of rotatable bonds is 5. The molecule has 0 aliphatic carbocycles. The molecule has 1 aromatic heterocycles. The van der Waals surface area contributed by atoms with E-state index in [2.05, 4.69) is 10.2 Å². The molecule has 1 aliphatic heterocycles. The van der Waals surface area contributed by atoms with Crippen LogP contribution in [0.5, 0.6) is 11.5 Å². The van der Waals surface area contributed by atoms with Gasteiger partial charge in [-0.3, -0.25) is 14.7 Å². The Morgan fingerprint density at radius 3 is 2.43 bits per heavy atom. The van der Waals surface area contributed by atoms with Crippen LogP contribution in [0.4, 0.5) is 18.9 Å². The van der Waals surface area contributed by atoms with E-state index in [-0.39, 0.29) is 16.7 Å². The quantitative estimate of drug-likeness (QED) is 0.250. The Kier molecular flexibility index (Phi) is 5.81. The van der Waals surface area contributed by atoms with Gasteiger partial charge in [0.05, 0.1) is 4.92 Å². The number of benzene rings is 3. The topological polar surface area (TPSA) is 92.3 Å². The maximum atomic E-state index is 13.5. The highest BCUT2D eigenvalue weighted by Crippen LogP contribution is 2.41. The molecule has 5 rings (SSSR count). The van der Waals surface area contributed by atoms with Crippen molar-refractivity contribution < 1.29 is 27.6 Å². The second kappa shape index (κ2) is 8.95. The summed E-state index contributed by atoms with van der Waals surface area (Å²) < 4.78 is 53.9. The minimum atomic E-state index is -4.89. The maximum absolute atomic E-state index is 13.5. The molecule has 0 bridgehead atoms. The molecule has 2 heterocycles. The van der Waals surface area contributed by atoms with E-state index in [1.54, 1.807) is 47.0 Å².